The molecule has 1 saturated carbocycles. The van der Waals surface area contributed by atoms with E-state index in [0.717, 1.165) is 17.4 Å². The number of carbonyl (C=O) groups is 1. The van der Waals surface area contributed by atoms with E-state index in [1.165, 1.54) is 0 Å². The van der Waals surface area contributed by atoms with E-state index < -0.39 is 0 Å². The van der Waals surface area contributed by atoms with Gasteiger partial charge in [-0.25, -0.2) is 0 Å². The summed E-state index contributed by atoms with van der Waals surface area (Å²) in [4.78, 5) is 11.5. The first-order valence-corrected chi connectivity index (χ1v) is 5.14. The number of quaternary nitrogens is 1. The Labute approximate surface area is 105 Å². The van der Waals surface area contributed by atoms with Crippen LogP contribution >= 0.6 is 0 Å². The molecule has 1 rings (SSSR count). The van der Waals surface area contributed by atoms with Crippen molar-refractivity contribution in [2.75, 3.05) is 27.7 Å². The van der Waals surface area contributed by atoms with Crippen molar-refractivity contribution >= 4 is 5.78 Å². The van der Waals surface area contributed by atoms with Crippen LogP contribution in [0.15, 0.2) is 0 Å². The van der Waals surface area contributed by atoms with Gasteiger partial charge in [0.25, 0.3) is 0 Å². The fourth-order valence-corrected chi connectivity index (χ4v) is 2.27. The van der Waals surface area contributed by atoms with Gasteiger partial charge < -0.3 is 28.5 Å². The molecule has 0 aromatic rings. The Bertz CT molecular complexity index is 210. The first-order chi connectivity index (χ1) is 5.81. The highest BCUT2D eigenvalue weighted by atomic mass is 127. The van der Waals surface area contributed by atoms with Crippen LogP contribution in [0.1, 0.15) is 20.3 Å². The lowest BCUT2D eigenvalue weighted by atomic mass is 9.92. The molecule has 3 heteroatoms. The molecule has 0 heterocycles. The molecule has 14 heavy (non-hydrogen) atoms. The Hall–Kier alpha value is 0.360. The minimum absolute atomic E-state index is 0. The number of ketones is 1. The number of hydrogen-bond donors (Lipinski definition) is 0. The van der Waals surface area contributed by atoms with Crippen molar-refractivity contribution in [1.82, 2.24) is 0 Å². The van der Waals surface area contributed by atoms with Crippen molar-refractivity contribution in [2.45, 2.75) is 20.3 Å². The normalized spacial score (nSPS) is 32.9. The van der Waals surface area contributed by atoms with Gasteiger partial charge >= 0.3 is 0 Å². The second-order valence-corrected chi connectivity index (χ2v) is 5.55. The van der Waals surface area contributed by atoms with E-state index in [4.69, 9.17) is 0 Å². The Morgan fingerprint density at radius 2 is 1.79 bits per heavy atom. The van der Waals surface area contributed by atoms with E-state index in [1.54, 1.807) is 0 Å². The highest BCUT2D eigenvalue weighted by Crippen LogP contribution is 2.34. The van der Waals surface area contributed by atoms with Crippen molar-refractivity contribution in [2.24, 2.45) is 17.8 Å². The van der Waals surface area contributed by atoms with Gasteiger partial charge in [-0.2, -0.15) is 0 Å². The number of hydrogen-bond acceptors (Lipinski definition) is 1. The molecular weight excluding hydrogens is 289 g/mol. The smallest absolute Gasteiger partial charge is 0.136 e. The predicted molar refractivity (Wildman–Crippen MR) is 54.3 cm³/mol. The third-order valence-electron chi connectivity index (χ3n) is 3.29. The van der Waals surface area contributed by atoms with E-state index in [-0.39, 0.29) is 29.9 Å². The summed E-state index contributed by atoms with van der Waals surface area (Å²) in [6.07, 6.45) is 0.803. The van der Waals surface area contributed by atoms with Gasteiger partial charge in [0.2, 0.25) is 0 Å². The molecule has 0 aliphatic heterocycles. The minimum Gasteiger partial charge on any atom is -1.00 e. The summed E-state index contributed by atoms with van der Waals surface area (Å²) < 4.78 is 0.967. The molecule has 0 spiro atoms. The molecule has 0 N–H and O–H groups in total. The Morgan fingerprint density at radius 3 is 2.07 bits per heavy atom. The molecular formula is C11H22INO. The molecule has 3 atom stereocenters. The highest BCUT2D eigenvalue weighted by Gasteiger charge is 2.38. The molecule has 0 amide bonds. The van der Waals surface area contributed by atoms with Crippen LogP contribution in [0.4, 0.5) is 0 Å². The Balaban J connectivity index is 0.00000169. The van der Waals surface area contributed by atoms with Crippen LogP contribution < -0.4 is 24.0 Å². The van der Waals surface area contributed by atoms with Crippen LogP contribution in [0.5, 0.6) is 0 Å². The number of rotatable bonds is 2. The Kier molecular flexibility index (Phi) is 5.05. The van der Waals surface area contributed by atoms with Crippen molar-refractivity contribution in [3.63, 3.8) is 0 Å². The summed E-state index contributed by atoms with van der Waals surface area (Å²) in [7, 11) is 6.58. The molecule has 0 saturated heterocycles. The third kappa shape index (κ3) is 3.50. The van der Waals surface area contributed by atoms with Crippen LogP contribution in [0.25, 0.3) is 0 Å². The van der Waals surface area contributed by atoms with Crippen molar-refractivity contribution in [3.05, 3.63) is 0 Å². The predicted octanol–water partition coefficient (Wildman–Crippen LogP) is -1.44. The van der Waals surface area contributed by atoms with Gasteiger partial charge in [-0.15, -0.1) is 0 Å². The van der Waals surface area contributed by atoms with E-state index >= 15 is 0 Å². The van der Waals surface area contributed by atoms with Crippen molar-refractivity contribution in [3.8, 4) is 0 Å². The van der Waals surface area contributed by atoms with E-state index in [9.17, 15) is 4.79 Å². The van der Waals surface area contributed by atoms with E-state index in [2.05, 4.69) is 35.0 Å². The van der Waals surface area contributed by atoms with Gasteiger partial charge in [0.1, 0.15) is 5.78 Å². The first-order valence-electron chi connectivity index (χ1n) is 5.14. The van der Waals surface area contributed by atoms with Gasteiger partial charge in [0.15, 0.2) is 0 Å². The molecule has 0 aromatic carbocycles. The minimum atomic E-state index is 0. The molecule has 2 nitrogen and oxygen atoms in total. The molecule has 0 radical (unpaired) electrons. The maximum Gasteiger partial charge on any atom is 0.136 e. The average molecular weight is 311 g/mol. The number of halogens is 1. The lowest BCUT2D eigenvalue weighted by Crippen LogP contribution is -3.00. The largest absolute Gasteiger partial charge is 1.00 e. The van der Waals surface area contributed by atoms with Gasteiger partial charge in [-0.3, -0.25) is 4.79 Å². The zero-order valence-electron chi connectivity index (χ0n) is 9.88. The monoisotopic (exact) mass is 311 g/mol. The zero-order valence-corrected chi connectivity index (χ0v) is 12.0. The summed E-state index contributed by atoms with van der Waals surface area (Å²) in [6.45, 7) is 5.41. The number of carbonyl (C=O) groups excluding carboxylic acids is 1. The quantitative estimate of drug-likeness (QED) is 0.451. The van der Waals surface area contributed by atoms with E-state index in [0.29, 0.717) is 17.6 Å². The van der Waals surface area contributed by atoms with Gasteiger partial charge in [0.05, 0.1) is 27.7 Å². The lowest BCUT2D eigenvalue weighted by Gasteiger charge is -2.29. The van der Waals surface area contributed by atoms with Gasteiger partial charge in [-0.05, 0) is 5.92 Å². The fourth-order valence-electron chi connectivity index (χ4n) is 2.27. The molecule has 1 aliphatic rings. The number of Topliss-reactive ketones (excluding diaryl/α,β-unsaturated/α-hetero) is 1. The molecule has 3 unspecified atom stereocenters. The van der Waals surface area contributed by atoms with Crippen LogP contribution in [0.3, 0.4) is 0 Å². The molecule has 0 aromatic heterocycles. The van der Waals surface area contributed by atoms with Crippen molar-refractivity contribution in [1.29, 1.82) is 0 Å². The van der Waals surface area contributed by atoms with Crippen LogP contribution in [-0.4, -0.2) is 38.0 Å². The van der Waals surface area contributed by atoms with Crippen LogP contribution in [0, 0.1) is 17.8 Å². The molecule has 1 aliphatic carbocycles. The Morgan fingerprint density at radius 1 is 1.29 bits per heavy atom. The topological polar surface area (TPSA) is 17.1 Å². The molecule has 0 bridgehead atoms. The van der Waals surface area contributed by atoms with Crippen molar-refractivity contribution < 1.29 is 33.3 Å². The van der Waals surface area contributed by atoms with Crippen LogP contribution in [-0.2, 0) is 4.79 Å². The lowest BCUT2D eigenvalue weighted by molar-refractivity contribution is -0.874. The summed E-state index contributed by atoms with van der Waals surface area (Å²) in [5, 5.41) is 0. The fraction of sp³-hybridized carbons (Fsp3) is 0.909. The second-order valence-electron chi connectivity index (χ2n) is 5.55. The summed E-state index contributed by atoms with van der Waals surface area (Å²) in [5.41, 5.74) is 0. The highest BCUT2D eigenvalue weighted by molar-refractivity contribution is 5.83. The maximum absolute atomic E-state index is 11.5. The zero-order chi connectivity index (χ0) is 10.2. The molecule has 1 fully saturated rings. The SMILES string of the molecule is CC1C(=O)CC(C[N+](C)(C)C)C1C.[I-]. The van der Waals surface area contributed by atoms with E-state index in [1.807, 2.05) is 0 Å². The summed E-state index contributed by atoms with van der Waals surface area (Å²) in [5.74, 6) is 1.93. The third-order valence-corrected chi connectivity index (χ3v) is 3.29. The van der Waals surface area contributed by atoms with Gasteiger partial charge in [-0.1, -0.05) is 13.8 Å². The second kappa shape index (κ2) is 4.92. The average Bonchev–Trinajstić information content (AvgIpc) is 2.15. The molecule has 84 valence electrons. The number of nitrogens with zero attached hydrogens (tertiary/aromatic N) is 1. The van der Waals surface area contributed by atoms with Crippen LogP contribution in [0.2, 0.25) is 0 Å². The standard InChI is InChI=1S/C11H22NO.HI/c1-8-9(2)11(13)6-10(8)7-12(3,4)5;/h8-10H,6-7H2,1-5H3;1H/q+1;/p-1. The summed E-state index contributed by atoms with van der Waals surface area (Å²) >= 11 is 0. The maximum atomic E-state index is 11.5. The van der Waals surface area contributed by atoms with Gasteiger partial charge in [0, 0.05) is 18.3 Å². The summed E-state index contributed by atoms with van der Waals surface area (Å²) in [6, 6.07) is 0. The first kappa shape index (κ1) is 14.4.